The fourth-order valence-corrected chi connectivity index (χ4v) is 3.63. The lowest BCUT2D eigenvalue weighted by Gasteiger charge is -2.43. The van der Waals surface area contributed by atoms with Crippen molar-refractivity contribution in [3.63, 3.8) is 0 Å². The Bertz CT molecular complexity index is 814. The van der Waals surface area contributed by atoms with Crippen LogP contribution >= 0.6 is 0 Å². The molecule has 0 aliphatic heterocycles. The fraction of sp³-hybridized carbons (Fsp3) is 0.654. The van der Waals surface area contributed by atoms with Crippen molar-refractivity contribution in [3.8, 4) is 0 Å². The van der Waals surface area contributed by atoms with Crippen LogP contribution in [0.4, 0.5) is 4.79 Å². The van der Waals surface area contributed by atoms with Crippen LogP contribution in [0.15, 0.2) is 24.3 Å². The molecule has 2 unspecified atom stereocenters. The van der Waals surface area contributed by atoms with E-state index >= 15 is 0 Å². The molecule has 0 spiro atoms. The second-order valence-electron chi connectivity index (χ2n) is 10.3. The molecule has 0 bridgehead atoms. The van der Waals surface area contributed by atoms with Crippen molar-refractivity contribution in [1.82, 2.24) is 15.5 Å². The Hall–Kier alpha value is -2.57. The van der Waals surface area contributed by atoms with Crippen LogP contribution in [-0.4, -0.2) is 46.5 Å². The lowest BCUT2D eigenvalue weighted by Crippen LogP contribution is -2.56. The van der Waals surface area contributed by atoms with Crippen molar-refractivity contribution in [2.75, 3.05) is 6.54 Å². The van der Waals surface area contributed by atoms with E-state index in [0.717, 1.165) is 24.0 Å². The highest BCUT2D eigenvalue weighted by Crippen LogP contribution is 2.32. The molecule has 3 amide bonds. The number of rotatable bonds is 10. The number of nitrogens with one attached hydrogen (secondary N) is 2. The van der Waals surface area contributed by atoms with Gasteiger partial charge in [0.1, 0.15) is 18.2 Å². The van der Waals surface area contributed by atoms with Crippen LogP contribution in [0.5, 0.6) is 0 Å². The van der Waals surface area contributed by atoms with Crippen molar-refractivity contribution < 1.29 is 19.1 Å². The van der Waals surface area contributed by atoms with Crippen LogP contribution in [0, 0.1) is 6.92 Å². The summed E-state index contributed by atoms with van der Waals surface area (Å²) in [5, 5.41) is 5.63. The normalized spacial score (nSPS) is 13.6. The minimum absolute atomic E-state index is 0.0172. The van der Waals surface area contributed by atoms with Crippen molar-refractivity contribution in [3.05, 3.63) is 35.4 Å². The molecule has 0 heterocycles. The number of hydrogen-bond donors (Lipinski definition) is 2. The maximum Gasteiger partial charge on any atom is 0.408 e. The molecule has 1 aromatic rings. The van der Waals surface area contributed by atoms with Gasteiger partial charge in [-0.2, -0.15) is 0 Å². The van der Waals surface area contributed by atoms with Crippen molar-refractivity contribution in [2.45, 2.75) is 105 Å². The molecule has 2 N–H and O–H groups in total. The summed E-state index contributed by atoms with van der Waals surface area (Å²) in [6.07, 6.45) is 1.75. The molecular weight excluding hydrogens is 418 g/mol. The van der Waals surface area contributed by atoms with Gasteiger partial charge >= 0.3 is 6.09 Å². The Kier molecular flexibility index (Phi) is 10.4. The number of carbonyl (C=O) groups is 3. The first-order valence-electron chi connectivity index (χ1n) is 11.9. The molecule has 1 rings (SSSR count). The smallest absolute Gasteiger partial charge is 0.408 e. The first kappa shape index (κ1) is 28.5. The molecule has 2 atom stereocenters. The highest BCUT2D eigenvalue weighted by molar-refractivity contribution is 5.91. The lowest BCUT2D eigenvalue weighted by molar-refractivity contribution is -0.147. The van der Waals surface area contributed by atoms with E-state index in [0.29, 0.717) is 6.42 Å². The Morgan fingerprint density at radius 2 is 1.73 bits per heavy atom. The van der Waals surface area contributed by atoms with Crippen LogP contribution in [-0.2, 0) is 14.3 Å². The zero-order chi connectivity index (χ0) is 25.4. The number of aryl methyl sites for hydroxylation is 1. The van der Waals surface area contributed by atoms with Gasteiger partial charge in [-0.25, -0.2) is 4.79 Å². The predicted octanol–water partition coefficient (Wildman–Crippen LogP) is 4.88. The highest BCUT2D eigenvalue weighted by Gasteiger charge is 2.40. The third-order valence-electron chi connectivity index (χ3n) is 5.54. The summed E-state index contributed by atoms with van der Waals surface area (Å²) < 4.78 is 5.27. The molecule has 7 nitrogen and oxygen atoms in total. The maximum atomic E-state index is 13.6. The fourth-order valence-electron chi connectivity index (χ4n) is 3.63. The van der Waals surface area contributed by atoms with E-state index in [4.69, 9.17) is 4.74 Å². The van der Waals surface area contributed by atoms with Crippen LogP contribution in [0.3, 0.4) is 0 Å². The third kappa shape index (κ3) is 9.06. The van der Waals surface area contributed by atoms with Crippen LogP contribution in [0.1, 0.15) is 91.8 Å². The topological polar surface area (TPSA) is 87.7 Å². The van der Waals surface area contributed by atoms with Gasteiger partial charge in [0.2, 0.25) is 11.8 Å². The minimum atomic E-state index is -0.827. The number of carbonyl (C=O) groups excluding carboxylic acids is 3. The van der Waals surface area contributed by atoms with E-state index in [1.165, 1.54) is 0 Å². The summed E-state index contributed by atoms with van der Waals surface area (Å²) in [7, 11) is 0. The molecule has 0 saturated heterocycles. The maximum absolute atomic E-state index is 13.6. The van der Waals surface area contributed by atoms with Gasteiger partial charge in [-0.1, -0.05) is 50.1 Å². The molecular formula is C26H43N3O4. The van der Waals surface area contributed by atoms with Gasteiger partial charge in [-0.05, 0) is 66.9 Å². The monoisotopic (exact) mass is 461 g/mol. The first-order chi connectivity index (χ1) is 15.2. The molecule has 7 heteroatoms. The largest absolute Gasteiger partial charge is 0.444 e. The molecule has 1 aromatic carbocycles. The second kappa shape index (κ2) is 12.1. The number of ether oxygens (including phenoxy) is 1. The Morgan fingerprint density at radius 1 is 1.09 bits per heavy atom. The summed E-state index contributed by atoms with van der Waals surface area (Å²) in [5.41, 5.74) is 0.435. The Labute approximate surface area is 199 Å². The third-order valence-corrected chi connectivity index (χ3v) is 5.54. The number of hydrogen-bond acceptors (Lipinski definition) is 4. The molecule has 0 aromatic heterocycles. The molecule has 0 saturated carbocycles. The Balaban J connectivity index is 3.35. The predicted molar refractivity (Wildman–Crippen MR) is 132 cm³/mol. The van der Waals surface area contributed by atoms with E-state index in [9.17, 15) is 14.4 Å². The molecule has 0 aliphatic rings. The average molecular weight is 462 g/mol. The SMILES string of the molecule is CCCC(C)NC(=O)C(c1cccc(C)c1)N(C(=O)CNC(=O)OC(C)(C)C)C(C)(C)CC. The zero-order valence-corrected chi connectivity index (χ0v) is 21.9. The van der Waals surface area contributed by atoms with E-state index < -0.39 is 23.3 Å². The van der Waals surface area contributed by atoms with E-state index in [2.05, 4.69) is 17.6 Å². The summed E-state index contributed by atoms with van der Waals surface area (Å²) in [5.74, 6) is -0.578. The molecule has 0 radical (unpaired) electrons. The minimum Gasteiger partial charge on any atom is -0.444 e. The summed E-state index contributed by atoms with van der Waals surface area (Å²) >= 11 is 0. The van der Waals surface area contributed by atoms with E-state index in [1.54, 1.807) is 25.7 Å². The Morgan fingerprint density at radius 3 is 2.24 bits per heavy atom. The van der Waals surface area contributed by atoms with Gasteiger partial charge in [-0.3, -0.25) is 9.59 Å². The second-order valence-corrected chi connectivity index (χ2v) is 10.3. The van der Waals surface area contributed by atoms with Gasteiger partial charge in [-0.15, -0.1) is 0 Å². The van der Waals surface area contributed by atoms with Crippen LogP contribution < -0.4 is 10.6 Å². The quantitative estimate of drug-likeness (QED) is 0.520. The van der Waals surface area contributed by atoms with Gasteiger partial charge in [0.25, 0.3) is 0 Å². The molecule has 186 valence electrons. The molecule has 0 aliphatic carbocycles. The van der Waals surface area contributed by atoms with Gasteiger partial charge in [0.15, 0.2) is 0 Å². The van der Waals surface area contributed by atoms with Crippen molar-refractivity contribution in [2.24, 2.45) is 0 Å². The van der Waals surface area contributed by atoms with Gasteiger partial charge in [0, 0.05) is 11.6 Å². The van der Waals surface area contributed by atoms with Gasteiger partial charge < -0.3 is 20.3 Å². The standard InChI is InChI=1S/C26H43N3O4/c1-10-13-19(4)28-23(31)22(20-15-12-14-18(3)16-20)29(26(8,9)11-2)21(30)17-27-24(32)33-25(5,6)7/h12,14-16,19,22H,10-11,13,17H2,1-9H3,(H,27,32)(H,28,31). The summed E-state index contributed by atoms with van der Waals surface area (Å²) in [6.45, 7) is 16.9. The number of amides is 3. The van der Waals surface area contributed by atoms with Crippen LogP contribution in [0.25, 0.3) is 0 Å². The lowest BCUT2D eigenvalue weighted by atomic mass is 9.92. The zero-order valence-electron chi connectivity index (χ0n) is 21.9. The summed E-state index contributed by atoms with van der Waals surface area (Å²) in [6, 6.07) is 6.81. The first-order valence-corrected chi connectivity index (χ1v) is 11.9. The average Bonchev–Trinajstić information content (AvgIpc) is 2.68. The molecule has 33 heavy (non-hydrogen) atoms. The molecule has 0 fully saturated rings. The van der Waals surface area contributed by atoms with Crippen molar-refractivity contribution in [1.29, 1.82) is 0 Å². The summed E-state index contributed by atoms with van der Waals surface area (Å²) in [4.78, 5) is 40.8. The number of alkyl carbamates (subject to hydrolysis) is 1. The van der Waals surface area contributed by atoms with Crippen molar-refractivity contribution >= 4 is 17.9 Å². The van der Waals surface area contributed by atoms with E-state index in [1.807, 2.05) is 58.9 Å². The van der Waals surface area contributed by atoms with E-state index in [-0.39, 0.29) is 24.4 Å². The highest BCUT2D eigenvalue weighted by atomic mass is 16.6. The van der Waals surface area contributed by atoms with Gasteiger partial charge in [0.05, 0.1) is 0 Å². The van der Waals surface area contributed by atoms with Crippen LogP contribution in [0.2, 0.25) is 0 Å². The number of nitrogens with zero attached hydrogens (tertiary/aromatic N) is 1. The number of benzene rings is 1.